The van der Waals surface area contributed by atoms with Crippen LogP contribution in [0.2, 0.25) is 0 Å². The Hall–Kier alpha value is -1.38. The molecule has 1 heterocycles. The third-order valence-corrected chi connectivity index (χ3v) is 2.52. The lowest BCUT2D eigenvalue weighted by Crippen LogP contribution is -2.38. The van der Waals surface area contributed by atoms with E-state index in [0.717, 1.165) is 5.56 Å². The molecule has 0 aliphatic rings. The third kappa shape index (κ3) is 6.37. The molecule has 0 amide bonds. The van der Waals surface area contributed by atoms with Crippen molar-refractivity contribution in [2.75, 3.05) is 18.9 Å². The molecule has 1 atom stereocenters. The number of hydrazine groups is 1. The third-order valence-electron chi connectivity index (χ3n) is 2.52. The van der Waals surface area contributed by atoms with Crippen LogP contribution in [-0.4, -0.2) is 30.4 Å². The standard InChI is InChI=1S/C11H17F3N4O/c12-11(13,14)7-19-4-2-9(18-16)5-8-6-17-3-1-10(8)15/h1,3,6,9,18H,2,4-5,7,16H2,(H2,15,17). The topological polar surface area (TPSA) is 86.2 Å². The first kappa shape index (κ1) is 15.7. The molecule has 0 aromatic carbocycles. The Labute approximate surface area is 109 Å². The second-order valence-corrected chi connectivity index (χ2v) is 4.10. The lowest BCUT2D eigenvalue weighted by molar-refractivity contribution is -0.174. The molecule has 108 valence electrons. The lowest BCUT2D eigenvalue weighted by atomic mass is 10.0. The fourth-order valence-corrected chi connectivity index (χ4v) is 1.53. The molecular weight excluding hydrogens is 261 g/mol. The second kappa shape index (κ2) is 7.27. The van der Waals surface area contributed by atoms with Gasteiger partial charge in [0.1, 0.15) is 6.61 Å². The maximum absolute atomic E-state index is 11.9. The molecule has 0 aliphatic heterocycles. The predicted octanol–water partition coefficient (Wildman–Crippen LogP) is 1.01. The molecule has 0 radical (unpaired) electrons. The number of alkyl halides is 3. The van der Waals surface area contributed by atoms with Crippen molar-refractivity contribution in [1.29, 1.82) is 0 Å². The van der Waals surface area contributed by atoms with Crippen LogP contribution >= 0.6 is 0 Å². The van der Waals surface area contributed by atoms with Gasteiger partial charge in [-0.3, -0.25) is 16.3 Å². The summed E-state index contributed by atoms with van der Waals surface area (Å²) in [5.74, 6) is 5.35. The highest BCUT2D eigenvalue weighted by atomic mass is 19.4. The summed E-state index contributed by atoms with van der Waals surface area (Å²) in [7, 11) is 0. The molecule has 0 saturated heterocycles. The van der Waals surface area contributed by atoms with Crippen molar-refractivity contribution >= 4 is 5.69 Å². The van der Waals surface area contributed by atoms with Crippen LogP contribution in [0, 0.1) is 0 Å². The van der Waals surface area contributed by atoms with Crippen LogP contribution in [0.3, 0.4) is 0 Å². The van der Waals surface area contributed by atoms with Crippen LogP contribution in [0.4, 0.5) is 18.9 Å². The van der Waals surface area contributed by atoms with E-state index < -0.39 is 12.8 Å². The highest BCUT2D eigenvalue weighted by Gasteiger charge is 2.27. The molecule has 0 saturated carbocycles. The number of hydrogen-bond acceptors (Lipinski definition) is 5. The van der Waals surface area contributed by atoms with E-state index in [-0.39, 0.29) is 12.6 Å². The summed E-state index contributed by atoms with van der Waals surface area (Å²) in [6, 6.07) is 1.43. The highest BCUT2D eigenvalue weighted by molar-refractivity contribution is 5.44. The molecule has 0 fully saturated rings. The summed E-state index contributed by atoms with van der Waals surface area (Å²) < 4.78 is 40.1. The van der Waals surface area contributed by atoms with Crippen molar-refractivity contribution in [3.63, 3.8) is 0 Å². The average molecular weight is 278 g/mol. The van der Waals surface area contributed by atoms with Crippen LogP contribution in [0.1, 0.15) is 12.0 Å². The van der Waals surface area contributed by atoms with Crippen LogP contribution in [0.5, 0.6) is 0 Å². The predicted molar refractivity (Wildman–Crippen MR) is 65.0 cm³/mol. The van der Waals surface area contributed by atoms with E-state index >= 15 is 0 Å². The van der Waals surface area contributed by atoms with E-state index in [1.54, 1.807) is 18.5 Å². The molecule has 1 aromatic heterocycles. The quantitative estimate of drug-likeness (QED) is 0.393. The zero-order chi connectivity index (χ0) is 14.3. The zero-order valence-corrected chi connectivity index (χ0v) is 10.3. The minimum atomic E-state index is -4.31. The minimum absolute atomic E-state index is 0.0332. The molecule has 19 heavy (non-hydrogen) atoms. The number of hydrogen-bond donors (Lipinski definition) is 3. The number of rotatable bonds is 7. The van der Waals surface area contributed by atoms with Crippen LogP contribution in [0.15, 0.2) is 18.5 Å². The molecule has 5 nitrogen and oxygen atoms in total. The van der Waals surface area contributed by atoms with Gasteiger partial charge < -0.3 is 10.5 Å². The Kier molecular flexibility index (Phi) is 6.00. The smallest absolute Gasteiger partial charge is 0.398 e. The number of nitrogens with two attached hydrogens (primary N) is 2. The van der Waals surface area contributed by atoms with E-state index in [4.69, 9.17) is 11.6 Å². The number of ether oxygens (including phenoxy) is 1. The van der Waals surface area contributed by atoms with Crippen molar-refractivity contribution in [3.8, 4) is 0 Å². The fraction of sp³-hybridized carbons (Fsp3) is 0.545. The van der Waals surface area contributed by atoms with Crippen molar-refractivity contribution in [2.24, 2.45) is 5.84 Å². The minimum Gasteiger partial charge on any atom is -0.398 e. The van der Waals surface area contributed by atoms with Gasteiger partial charge in [-0.15, -0.1) is 0 Å². The molecule has 8 heteroatoms. The maximum Gasteiger partial charge on any atom is 0.411 e. The Balaban J connectivity index is 2.36. The van der Waals surface area contributed by atoms with Gasteiger partial charge in [0.2, 0.25) is 0 Å². The van der Waals surface area contributed by atoms with Crippen molar-refractivity contribution < 1.29 is 17.9 Å². The van der Waals surface area contributed by atoms with E-state index in [9.17, 15) is 13.2 Å². The average Bonchev–Trinajstić information content (AvgIpc) is 2.34. The van der Waals surface area contributed by atoms with E-state index in [2.05, 4.69) is 15.1 Å². The number of nitrogen functional groups attached to an aromatic ring is 1. The van der Waals surface area contributed by atoms with Gasteiger partial charge in [0.25, 0.3) is 0 Å². The fourth-order valence-electron chi connectivity index (χ4n) is 1.53. The normalized spacial score (nSPS) is 13.5. The highest BCUT2D eigenvalue weighted by Crippen LogP contribution is 2.15. The monoisotopic (exact) mass is 278 g/mol. The molecule has 1 rings (SSSR count). The number of aromatic nitrogens is 1. The van der Waals surface area contributed by atoms with Gasteiger partial charge >= 0.3 is 6.18 Å². The molecule has 0 aliphatic carbocycles. The van der Waals surface area contributed by atoms with Crippen molar-refractivity contribution in [2.45, 2.75) is 25.1 Å². The van der Waals surface area contributed by atoms with Gasteiger partial charge in [-0.05, 0) is 24.5 Å². The summed E-state index contributed by atoms with van der Waals surface area (Å²) in [4.78, 5) is 3.93. The summed E-state index contributed by atoms with van der Waals surface area (Å²) in [6.45, 7) is -1.28. The Morgan fingerprint density at radius 2 is 2.16 bits per heavy atom. The van der Waals surface area contributed by atoms with Crippen molar-refractivity contribution in [1.82, 2.24) is 10.4 Å². The first-order valence-electron chi connectivity index (χ1n) is 5.71. The maximum atomic E-state index is 11.9. The SMILES string of the molecule is NNC(CCOCC(F)(F)F)Cc1cnccc1N. The summed E-state index contributed by atoms with van der Waals surface area (Å²) in [6.07, 6.45) is -0.307. The van der Waals surface area contributed by atoms with Crippen LogP contribution in [0.25, 0.3) is 0 Å². The number of halogens is 3. The summed E-state index contributed by atoms with van der Waals surface area (Å²) in [5, 5.41) is 0. The number of nitrogens with one attached hydrogen (secondary N) is 1. The van der Waals surface area contributed by atoms with Gasteiger partial charge in [0.05, 0.1) is 0 Å². The molecule has 1 unspecified atom stereocenters. The van der Waals surface area contributed by atoms with Gasteiger partial charge in [-0.2, -0.15) is 13.2 Å². The van der Waals surface area contributed by atoms with Gasteiger partial charge in [-0.1, -0.05) is 0 Å². The van der Waals surface area contributed by atoms with Crippen LogP contribution in [-0.2, 0) is 11.2 Å². The second-order valence-electron chi connectivity index (χ2n) is 4.10. The number of anilines is 1. The Morgan fingerprint density at radius 3 is 2.74 bits per heavy atom. The van der Waals surface area contributed by atoms with Crippen molar-refractivity contribution in [3.05, 3.63) is 24.0 Å². The van der Waals surface area contributed by atoms with Crippen LogP contribution < -0.4 is 17.0 Å². The molecule has 1 aromatic rings. The number of nitrogens with zero attached hydrogens (tertiary/aromatic N) is 1. The first-order valence-corrected chi connectivity index (χ1v) is 5.71. The molecule has 0 spiro atoms. The van der Waals surface area contributed by atoms with E-state index in [1.165, 1.54) is 0 Å². The molecular formula is C11H17F3N4O. The molecule has 0 bridgehead atoms. The Bertz CT molecular complexity index is 386. The van der Waals surface area contributed by atoms with E-state index in [0.29, 0.717) is 18.5 Å². The van der Waals surface area contributed by atoms with E-state index in [1.807, 2.05) is 0 Å². The number of pyridine rings is 1. The van der Waals surface area contributed by atoms with Gasteiger partial charge in [0, 0.05) is 30.7 Å². The zero-order valence-electron chi connectivity index (χ0n) is 10.3. The van der Waals surface area contributed by atoms with Gasteiger partial charge in [-0.25, -0.2) is 0 Å². The molecule has 5 N–H and O–H groups in total. The summed E-state index contributed by atoms with van der Waals surface area (Å²) in [5.41, 5.74) is 9.65. The largest absolute Gasteiger partial charge is 0.411 e. The lowest BCUT2D eigenvalue weighted by Gasteiger charge is -2.17. The Morgan fingerprint density at radius 1 is 1.42 bits per heavy atom. The first-order chi connectivity index (χ1) is 8.92. The van der Waals surface area contributed by atoms with Gasteiger partial charge in [0.15, 0.2) is 0 Å². The summed E-state index contributed by atoms with van der Waals surface area (Å²) >= 11 is 0.